The zero-order valence-corrected chi connectivity index (χ0v) is 13.5. The molecule has 0 bridgehead atoms. The first-order chi connectivity index (χ1) is 12.1. The van der Waals surface area contributed by atoms with Gasteiger partial charge in [-0.25, -0.2) is 4.39 Å². The minimum absolute atomic E-state index is 0.00415. The molecule has 25 heavy (non-hydrogen) atoms. The molecule has 2 aromatic carbocycles. The number of nitrogens with zero attached hydrogens (tertiary/aromatic N) is 1. The summed E-state index contributed by atoms with van der Waals surface area (Å²) in [7, 11) is 0. The second-order valence-corrected chi connectivity index (χ2v) is 6.27. The number of ketones is 1. The molecule has 1 fully saturated rings. The highest BCUT2D eigenvalue weighted by Gasteiger charge is 2.36. The third kappa shape index (κ3) is 2.82. The van der Waals surface area contributed by atoms with Crippen molar-refractivity contribution >= 4 is 11.7 Å². The van der Waals surface area contributed by atoms with Crippen LogP contribution in [-0.4, -0.2) is 29.7 Å². The van der Waals surface area contributed by atoms with Gasteiger partial charge in [-0.1, -0.05) is 24.3 Å². The van der Waals surface area contributed by atoms with Crippen LogP contribution in [0.5, 0.6) is 0 Å². The molecule has 5 heteroatoms. The van der Waals surface area contributed by atoms with Gasteiger partial charge in [-0.15, -0.1) is 0 Å². The average molecular weight is 336 g/mol. The second kappa shape index (κ2) is 6.16. The first-order valence-corrected chi connectivity index (χ1v) is 8.28. The molecule has 1 saturated heterocycles. The van der Waals surface area contributed by atoms with Crippen LogP contribution in [0.25, 0.3) is 0 Å². The summed E-state index contributed by atoms with van der Waals surface area (Å²) in [4.78, 5) is 26.9. The van der Waals surface area contributed by atoms with E-state index in [1.54, 1.807) is 0 Å². The number of carbonyl (C=O) groups excluding carboxylic acids is 2. The molecule has 0 radical (unpaired) electrons. The minimum atomic E-state index is -0.397. The van der Waals surface area contributed by atoms with E-state index in [0.717, 1.165) is 6.42 Å². The van der Waals surface area contributed by atoms with Crippen molar-refractivity contribution in [1.29, 1.82) is 0 Å². The Balaban J connectivity index is 1.58. The lowest BCUT2D eigenvalue weighted by Crippen LogP contribution is -2.51. The zero-order chi connectivity index (χ0) is 17.4. The molecule has 0 unspecified atom stereocenters. The lowest BCUT2D eigenvalue weighted by Gasteiger charge is -2.41. The van der Waals surface area contributed by atoms with E-state index in [4.69, 9.17) is 0 Å². The number of hydrogen-bond acceptors (Lipinski definition) is 3. The molecule has 1 N–H and O–H groups in total. The number of nitrogens with one attached hydrogen (secondary N) is 1. The van der Waals surface area contributed by atoms with Crippen LogP contribution in [0.3, 0.4) is 0 Å². The Morgan fingerprint density at radius 3 is 2.72 bits per heavy atom. The molecule has 1 atom stereocenters. The first-order valence-electron chi connectivity index (χ1n) is 8.28. The fraction of sp³-hybridized carbons (Fsp3) is 0.200. The molecule has 0 spiro atoms. The van der Waals surface area contributed by atoms with Gasteiger partial charge in [0, 0.05) is 24.7 Å². The lowest BCUT2D eigenvalue weighted by molar-refractivity contribution is -0.132. The standard InChI is InChI=1S/C20H17FN2O2/c21-15-7-5-14(6-8-15)19(24)11-17-20(25)23-10-9-13-3-1-2-4-16(13)18(23)12-22-17/h1-8,11,18,22H,9-10,12H2/b17-11+/t18-/m0/s1. The summed E-state index contributed by atoms with van der Waals surface area (Å²) in [5.74, 6) is -0.876. The number of carbonyl (C=O) groups is 2. The van der Waals surface area contributed by atoms with Crippen LogP contribution >= 0.6 is 0 Å². The molecule has 2 aliphatic heterocycles. The van der Waals surface area contributed by atoms with Crippen LogP contribution in [0.15, 0.2) is 60.3 Å². The summed E-state index contributed by atoms with van der Waals surface area (Å²) in [6.07, 6.45) is 2.13. The highest BCUT2D eigenvalue weighted by Crippen LogP contribution is 2.32. The highest BCUT2D eigenvalue weighted by molar-refractivity contribution is 6.09. The van der Waals surface area contributed by atoms with Crippen LogP contribution in [-0.2, 0) is 11.2 Å². The Bertz CT molecular complexity index is 874. The van der Waals surface area contributed by atoms with Crippen LogP contribution in [0, 0.1) is 5.82 Å². The number of halogens is 1. The van der Waals surface area contributed by atoms with Gasteiger partial charge in [-0.3, -0.25) is 9.59 Å². The molecule has 0 aromatic heterocycles. The van der Waals surface area contributed by atoms with Gasteiger partial charge in [0.2, 0.25) is 0 Å². The Morgan fingerprint density at radius 1 is 1.16 bits per heavy atom. The van der Waals surface area contributed by atoms with Gasteiger partial charge in [0.05, 0.1) is 6.04 Å². The molecular formula is C20H17FN2O2. The van der Waals surface area contributed by atoms with Crippen molar-refractivity contribution in [3.8, 4) is 0 Å². The SMILES string of the molecule is O=C(/C=C1/NC[C@H]2c3ccccc3CCN2C1=O)c1ccc(F)cc1. The summed E-state index contributed by atoms with van der Waals surface area (Å²) in [6.45, 7) is 1.22. The van der Waals surface area contributed by atoms with Gasteiger partial charge >= 0.3 is 0 Å². The maximum atomic E-state index is 13.0. The van der Waals surface area contributed by atoms with Crippen LogP contribution in [0.1, 0.15) is 27.5 Å². The van der Waals surface area contributed by atoms with Crippen molar-refractivity contribution in [2.24, 2.45) is 0 Å². The normalized spacial score (nSPS) is 20.7. The molecular weight excluding hydrogens is 319 g/mol. The third-order valence-corrected chi connectivity index (χ3v) is 4.79. The maximum absolute atomic E-state index is 13.0. The van der Waals surface area contributed by atoms with Crippen LogP contribution in [0.2, 0.25) is 0 Å². The van der Waals surface area contributed by atoms with Gasteiger partial charge in [0.1, 0.15) is 11.5 Å². The average Bonchev–Trinajstić information content (AvgIpc) is 2.64. The number of rotatable bonds is 2. The van der Waals surface area contributed by atoms with Gasteiger partial charge in [-0.05, 0) is 41.8 Å². The number of hydrogen-bond donors (Lipinski definition) is 1. The van der Waals surface area contributed by atoms with Gasteiger partial charge in [0.15, 0.2) is 5.78 Å². The topological polar surface area (TPSA) is 49.4 Å². The quantitative estimate of drug-likeness (QED) is 0.677. The van der Waals surface area contributed by atoms with Gasteiger partial charge in [-0.2, -0.15) is 0 Å². The fourth-order valence-electron chi connectivity index (χ4n) is 3.49. The third-order valence-electron chi connectivity index (χ3n) is 4.79. The number of allylic oxidation sites excluding steroid dienone is 1. The minimum Gasteiger partial charge on any atom is -0.378 e. The zero-order valence-electron chi connectivity index (χ0n) is 13.5. The van der Waals surface area contributed by atoms with Crippen molar-refractivity contribution in [1.82, 2.24) is 10.2 Å². The number of benzene rings is 2. The number of piperazine rings is 1. The molecule has 0 aliphatic carbocycles. The van der Waals surface area contributed by atoms with Gasteiger partial charge in [0.25, 0.3) is 5.91 Å². The van der Waals surface area contributed by atoms with Gasteiger partial charge < -0.3 is 10.2 Å². The van der Waals surface area contributed by atoms with Crippen molar-refractivity contribution in [3.63, 3.8) is 0 Å². The van der Waals surface area contributed by atoms with E-state index in [1.807, 2.05) is 17.0 Å². The summed E-state index contributed by atoms with van der Waals surface area (Å²) in [6, 6.07) is 13.5. The predicted octanol–water partition coefficient (Wildman–Crippen LogP) is 2.62. The second-order valence-electron chi connectivity index (χ2n) is 6.27. The molecule has 0 saturated carbocycles. The van der Waals surface area contributed by atoms with E-state index in [2.05, 4.69) is 17.4 Å². The monoisotopic (exact) mass is 336 g/mol. The lowest BCUT2D eigenvalue weighted by atomic mass is 9.90. The summed E-state index contributed by atoms with van der Waals surface area (Å²) < 4.78 is 13.0. The molecule has 2 heterocycles. The number of fused-ring (bicyclic) bond motifs is 3. The molecule has 4 rings (SSSR count). The molecule has 4 nitrogen and oxygen atoms in total. The Labute approximate surface area is 145 Å². The van der Waals surface area contributed by atoms with E-state index >= 15 is 0 Å². The van der Waals surface area contributed by atoms with E-state index in [-0.39, 0.29) is 17.7 Å². The largest absolute Gasteiger partial charge is 0.378 e. The fourth-order valence-corrected chi connectivity index (χ4v) is 3.49. The smallest absolute Gasteiger partial charge is 0.270 e. The van der Waals surface area contributed by atoms with E-state index in [1.165, 1.54) is 41.5 Å². The Hall–Kier alpha value is -2.95. The summed E-state index contributed by atoms with van der Waals surface area (Å²) >= 11 is 0. The Morgan fingerprint density at radius 2 is 1.92 bits per heavy atom. The molecule has 2 aliphatic rings. The van der Waals surface area contributed by atoms with E-state index in [0.29, 0.717) is 24.4 Å². The highest BCUT2D eigenvalue weighted by atomic mass is 19.1. The molecule has 2 aromatic rings. The van der Waals surface area contributed by atoms with Crippen LogP contribution in [0.4, 0.5) is 4.39 Å². The summed E-state index contributed by atoms with van der Waals surface area (Å²) in [5.41, 5.74) is 3.09. The molecule has 126 valence electrons. The van der Waals surface area contributed by atoms with Crippen molar-refractivity contribution in [2.45, 2.75) is 12.5 Å². The summed E-state index contributed by atoms with van der Waals surface area (Å²) in [5, 5.41) is 3.10. The van der Waals surface area contributed by atoms with E-state index in [9.17, 15) is 14.0 Å². The number of amides is 1. The Kier molecular flexibility index (Phi) is 3.84. The van der Waals surface area contributed by atoms with Crippen molar-refractivity contribution < 1.29 is 14.0 Å². The van der Waals surface area contributed by atoms with E-state index < -0.39 is 5.82 Å². The van der Waals surface area contributed by atoms with Crippen LogP contribution < -0.4 is 5.32 Å². The van der Waals surface area contributed by atoms with Crippen molar-refractivity contribution in [2.75, 3.05) is 13.1 Å². The maximum Gasteiger partial charge on any atom is 0.270 e. The van der Waals surface area contributed by atoms with Crippen molar-refractivity contribution in [3.05, 3.63) is 82.8 Å². The first kappa shape index (κ1) is 15.6. The predicted molar refractivity (Wildman–Crippen MR) is 91.4 cm³/mol. The molecule has 1 amide bonds.